The Hall–Kier alpha value is -1.07. The van der Waals surface area contributed by atoms with Crippen molar-refractivity contribution in [3.8, 4) is 5.88 Å². The summed E-state index contributed by atoms with van der Waals surface area (Å²) in [6, 6.07) is 0. The normalized spacial score (nSPS) is 16.2. The number of hydrogen-bond acceptors (Lipinski definition) is 4. The fourth-order valence-corrected chi connectivity index (χ4v) is 2.71. The second kappa shape index (κ2) is 6.91. The lowest BCUT2D eigenvalue weighted by Gasteiger charge is -2.11. The molecule has 1 aliphatic carbocycles. The van der Waals surface area contributed by atoms with Gasteiger partial charge in [0.15, 0.2) is 0 Å². The SMILES string of the molecule is COc1c(CNCCOC2CCCC2)c(C)nn1C. The van der Waals surface area contributed by atoms with E-state index in [9.17, 15) is 0 Å². The lowest BCUT2D eigenvalue weighted by atomic mass is 10.2. The van der Waals surface area contributed by atoms with Crippen LogP contribution in [0.4, 0.5) is 0 Å². The molecule has 2 rings (SSSR count). The summed E-state index contributed by atoms with van der Waals surface area (Å²) in [5.41, 5.74) is 2.15. The lowest BCUT2D eigenvalue weighted by molar-refractivity contribution is 0.0602. The van der Waals surface area contributed by atoms with Gasteiger partial charge in [0.05, 0.1) is 31.1 Å². The number of hydrogen-bond donors (Lipinski definition) is 1. The van der Waals surface area contributed by atoms with Crippen LogP contribution in [0.15, 0.2) is 0 Å². The molecule has 0 atom stereocenters. The van der Waals surface area contributed by atoms with E-state index in [0.717, 1.165) is 36.8 Å². The predicted molar refractivity (Wildman–Crippen MR) is 74.4 cm³/mol. The van der Waals surface area contributed by atoms with Gasteiger partial charge >= 0.3 is 0 Å². The Morgan fingerprint density at radius 2 is 2.11 bits per heavy atom. The molecule has 1 aliphatic rings. The first kappa shape index (κ1) is 14.3. The van der Waals surface area contributed by atoms with Gasteiger partial charge in [0.1, 0.15) is 0 Å². The summed E-state index contributed by atoms with van der Waals surface area (Å²) in [7, 11) is 3.59. The van der Waals surface area contributed by atoms with Crippen LogP contribution in [0.3, 0.4) is 0 Å². The van der Waals surface area contributed by atoms with Gasteiger partial charge in [-0.05, 0) is 19.8 Å². The third-order valence-electron chi connectivity index (χ3n) is 3.72. The maximum Gasteiger partial charge on any atom is 0.216 e. The largest absolute Gasteiger partial charge is 0.481 e. The molecule has 0 bridgehead atoms. The van der Waals surface area contributed by atoms with E-state index in [1.165, 1.54) is 25.7 Å². The predicted octanol–water partition coefficient (Wildman–Crippen LogP) is 1.79. The molecule has 1 heterocycles. The van der Waals surface area contributed by atoms with Crippen molar-refractivity contribution in [2.24, 2.45) is 7.05 Å². The molecule has 0 aliphatic heterocycles. The molecule has 0 amide bonds. The summed E-state index contributed by atoms with van der Waals surface area (Å²) in [6.45, 7) is 4.44. The zero-order valence-corrected chi connectivity index (χ0v) is 12.2. The zero-order chi connectivity index (χ0) is 13.7. The summed E-state index contributed by atoms with van der Waals surface area (Å²) in [4.78, 5) is 0. The quantitative estimate of drug-likeness (QED) is 0.765. The van der Waals surface area contributed by atoms with Crippen LogP contribution in [0.2, 0.25) is 0 Å². The first-order valence-electron chi connectivity index (χ1n) is 7.11. The summed E-state index contributed by atoms with van der Waals surface area (Å²) in [6.07, 6.45) is 5.61. The van der Waals surface area contributed by atoms with E-state index < -0.39 is 0 Å². The lowest BCUT2D eigenvalue weighted by Crippen LogP contribution is -2.22. The highest BCUT2D eigenvalue weighted by molar-refractivity contribution is 5.30. The number of aryl methyl sites for hydroxylation is 2. The number of nitrogens with zero attached hydrogens (tertiary/aromatic N) is 2. The van der Waals surface area contributed by atoms with E-state index in [2.05, 4.69) is 10.4 Å². The molecule has 0 unspecified atom stereocenters. The molecule has 5 nitrogen and oxygen atoms in total. The van der Waals surface area contributed by atoms with Gasteiger partial charge in [-0.25, -0.2) is 4.68 Å². The van der Waals surface area contributed by atoms with E-state index in [1.54, 1.807) is 11.8 Å². The first-order valence-corrected chi connectivity index (χ1v) is 7.11. The van der Waals surface area contributed by atoms with Gasteiger partial charge in [0.2, 0.25) is 5.88 Å². The molecular formula is C14H25N3O2. The molecule has 1 N–H and O–H groups in total. The Morgan fingerprint density at radius 3 is 2.79 bits per heavy atom. The Kier molecular flexibility index (Phi) is 5.22. The fraction of sp³-hybridized carbons (Fsp3) is 0.786. The van der Waals surface area contributed by atoms with Gasteiger partial charge in [-0.15, -0.1) is 0 Å². The average molecular weight is 267 g/mol. The molecule has 1 saturated carbocycles. The minimum Gasteiger partial charge on any atom is -0.481 e. The highest BCUT2D eigenvalue weighted by Gasteiger charge is 2.15. The van der Waals surface area contributed by atoms with Crippen LogP contribution in [0.1, 0.15) is 36.9 Å². The zero-order valence-electron chi connectivity index (χ0n) is 12.2. The minimum absolute atomic E-state index is 0.497. The number of nitrogens with one attached hydrogen (secondary N) is 1. The Morgan fingerprint density at radius 1 is 1.37 bits per heavy atom. The van der Waals surface area contributed by atoms with Gasteiger partial charge < -0.3 is 14.8 Å². The van der Waals surface area contributed by atoms with Gasteiger partial charge in [-0.1, -0.05) is 12.8 Å². The van der Waals surface area contributed by atoms with E-state index in [4.69, 9.17) is 9.47 Å². The number of aromatic nitrogens is 2. The first-order chi connectivity index (χ1) is 9.22. The number of rotatable bonds is 7. The van der Waals surface area contributed by atoms with Crippen molar-refractivity contribution in [2.45, 2.75) is 45.3 Å². The third kappa shape index (κ3) is 3.70. The average Bonchev–Trinajstić information content (AvgIpc) is 2.98. The second-order valence-electron chi connectivity index (χ2n) is 5.15. The maximum absolute atomic E-state index is 5.82. The molecular weight excluding hydrogens is 242 g/mol. The van der Waals surface area contributed by atoms with Crippen LogP contribution in [0, 0.1) is 6.92 Å². The molecule has 0 saturated heterocycles. The van der Waals surface area contributed by atoms with Crippen molar-refractivity contribution >= 4 is 0 Å². The van der Waals surface area contributed by atoms with Gasteiger partial charge in [-0.2, -0.15) is 5.10 Å². The second-order valence-corrected chi connectivity index (χ2v) is 5.15. The summed E-state index contributed by atoms with van der Waals surface area (Å²) >= 11 is 0. The van der Waals surface area contributed by atoms with Crippen molar-refractivity contribution in [1.82, 2.24) is 15.1 Å². The van der Waals surface area contributed by atoms with Crippen LogP contribution in [0.5, 0.6) is 5.88 Å². The van der Waals surface area contributed by atoms with Crippen LogP contribution in [0.25, 0.3) is 0 Å². The molecule has 1 fully saturated rings. The Labute approximate surface area is 115 Å². The summed E-state index contributed by atoms with van der Waals surface area (Å²) in [5.74, 6) is 0.835. The van der Waals surface area contributed by atoms with E-state index >= 15 is 0 Å². The number of ether oxygens (including phenoxy) is 2. The van der Waals surface area contributed by atoms with Gasteiger partial charge in [0, 0.05) is 20.1 Å². The van der Waals surface area contributed by atoms with Crippen molar-refractivity contribution < 1.29 is 9.47 Å². The fourth-order valence-electron chi connectivity index (χ4n) is 2.71. The summed E-state index contributed by atoms with van der Waals surface area (Å²) < 4.78 is 13.0. The standard InChI is InChI=1S/C14H25N3O2/c1-11-13(14(18-3)17(2)16-11)10-15-8-9-19-12-6-4-5-7-12/h12,15H,4-10H2,1-3H3. The molecule has 0 aromatic carbocycles. The molecule has 19 heavy (non-hydrogen) atoms. The smallest absolute Gasteiger partial charge is 0.216 e. The van der Waals surface area contributed by atoms with Crippen molar-refractivity contribution in [3.63, 3.8) is 0 Å². The third-order valence-corrected chi connectivity index (χ3v) is 3.72. The van der Waals surface area contributed by atoms with Crippen molar-refractivity contribution in [2.75, 3.05) is 20.3 Å². The highest BCUT2D eigenvalue weighted by atomic mass is 16.5. The molecule has 0 radical (unpaired) electrons. The van der Waals surface area contributed by atoms with Gasteiger partial charge in [0.25, 0.3) is 0 Å². The molecule has 0 spiro atoms. The Bertz CT molecular complexity index is 398. The highest BCUT2D eigenvalue weighted by Crippen LogP contribution is 2.21. The monoisotopic (exact) mass is 267 g/mol. The molecule has 108 valence electrons. The van der Waals surface area contributed by atoms with E-state index in [0.29, 0.717) is 6.10 Å². The number of methoxy groups -OCH3 is 1. The maximum atomic E-state index is 5.82. The molecule has 1 aromatic rings. The van der Waals surface area contributed by atoms with Crippen LogP contribution in [-0.2, 0) is 18.3 Å². The van der Waals surface area contributed by atoms with Crippen LogP contribution >= 0.6 is 0 Å². The molecule has 1 aromatic heterocycles. The minimum atomic E-state index is 0.497. The van der Waals surface area contributed by atoms with Crippen LogP contribution in [-0.4, -0.2) is 36.1 Å². The van der Waals surface area contributed by atoms with Gasteiger partial charge in [-0.3, -0.25) is 0 Å². The van der Waals surface area contributed by atoms with E-state index in [1.807, 2.05) is 14.0 Å². The van der Waals surface area contributed by atoms with Crippen molar-refractivity contribution in [3.05, 3.63) is 11.3 Å². The van der Waals surface area contributed by atoms with Crippen molar-refractivity contribution in [1.29, 1.82) is 0 Å². The van der Waals surface area contributed by atoms with E-state index in [-0.39, 0.29) is 0 Å². The Balaban J connectivity index is 1.70. The van der Waals surface area contributed by atoms with Crippen LogP contribution < -0.4 is 10.1 Å². The summed E-state index contributed by atoms with van der Waals surface area (Å²) in [5, 5.41) is 7.76. The molecule has 5 heteroatoms. The topological polar surface area (TPSA) is 48.3 Å².